The minimum absolute atomic E-state index is 0.228. The molecule has 1 unspecified atom stereocenters. The predicted molar refractivity (Wildman–Crippen MR) is 98.4 cm³/mol. The lowest BCUT2D eigenvalue weighted by molar-refractivity contribution is 0.629. The molecular weight excluding hydrogens is 331 g/mol. The third-order valence-electron chi connectivity index (χ3n) is 4.71. The fourth-order valence-corrected chi connectivity index (χ4v) is 3.39. The van der Waals surface area contributed by atoms with Crippen molar-refractivity contribution >= 4 is 16.7 Å². The molecular formula is C19H19FN6. The lowest BCUT2D eigenvalue weighted by Crippen LogP contribution is -2.15. The molecule has 1 atom stereocenters. The standard InChI is InChI=1S/C19H19FN6/c1-11-18(12(2)26(3)25-11)19(24-17-6-7-21-10-23-17)15-9-22-16-5-4-13(20)8-14(15)16/h4-10,19,22H,1-3H3,(H,21,23,24). The first-order valence-corrected chi connectivity index (χ1v) is 8.34. The van der Waals surface area contributed by atoms with Crippen molar-refractivity contribution < 1.29 is 4.39 Å². The number of aromatic amines is 1. The highest BCUT2D eigenvalue weighted by Crippen LogP contribution is 2.34. The minimum Gasteiger partial charge on any atom is -0.361 e. The summed E-state index contributed by atoms with van der Waals surface area (Å²) in [7, 11) is 1.92. The summed E-state index contributed by atoms with van der Waals surface area (Å²) in [5, 5.41) is 8.83. The van der Waals surface area contributed by atoms with Gasteiger partial charge in [0.2, 0.25) is 0 Å². The first kappa shape index (κ1) is 16.3. The van der Waals surface area contributed by atoms with E-state index in [9.17, 15) is 4.39 Å². The second-order valence-corrected chi connectivity index (χ2v) is 6.31. The van der Waals surface area contributed by atoms with Crippen molar-refractivity contribution in [3.05, 3.63) is 71.3 Å². The van der Waals surface area contributed by atoms with Crippen LogP contribution in [0.25, 0.3) is 10.9 Å². The molecule has 3 heterocycles. The normalized spacial score (nSPS) is 12.5. The smallest absolute Gasteiger partial charge is 0.130 e. The van der Waals surface area contributed by atoms with E-state index < -0.39 is 0 Å². The Balaban J connectivity index is 1.91. The van der Waals surface area contributed by atoms with Crippen molar-refractivity contribution in [2.24, 2.45) is 7.05 Å². The Morgan fingerprint density at radius 2 is 2.08 bits per heavy atom. The summed E-state index contributed by atoms with van der Waals surface area (Å²) in [6, 6.07) is 6.34. The molecule has 0 radical (unpaired) electrons. The average Bonchev–Trinajstić information content (AvgIpc) is 3.15. The molecule has 3 aromatic heterocycles. The number of H-pyrrole nitrogens is 1. The predicted octanol–water partition coefficient (Wildman–Crippen LogP) is 3.65. The molecule has 0 bridgehead atoms. The van der Waals surface area contributed by atoms with Crippen LogP contribution in [0.5, 0.6) is 0 Å². The fraction of sp³-hybridized carbons (Fsp3) is 0.211. The van der Waals surface area contributed by atoms with Gasteiger partial charge < -0.3 is 10.3 Å². The van der Waals surface area contributed by atoms with Gasteiger partial charge in [0.1, 0.15) is 18.0 Å². The van der Waals surface area contributed by atoms with Gasteiger partial charge in [-0.15, -0.1) is 0 Å². The summed E-state index contributed by atoms with van der Waals surface area (Å²) < 4.78 is 15.7. The maximum absolute atomic E-state index is 13.9. The summed E-state index contributed by atoms with van der Waals surface area (Å²) in [5.41, 5.74) is 4.84. The van der Waals surface area contributed by atoms with Crippen LogP contribution in [-0.2, 0) is 7.05 Å². The number of fused-ring (bicyclic) bond motifs is 1. The van der Waals surface area contributed by atoms with Crippen molar-refractivity contribution in [2.75, 3.05) is 5.32 Å². The Hall–Kier alpha value is -3.22. The Labute approximate surface area is 150 Å². The van der Waals surface area contributed by atoms with Crippen LogP contribution in [0.4, 0.5) is 10.2 Å². The third kappa shape index (κ3) is 2.71. The Kier molecular flexibility index (Phi) is 3.91. The number of rotatable bonds is 4. The summed E-state index contributed by atoms with van der Waals surface area (Å²) in [6.07, 6.45) is 5.09. The molecule has 0 spiro atoms. The van der Waals surface area contributed by atoms with Crippen LogP contribution in [-0.4, -0.2) is 24.7 Å². The van der Waals surface area contributed by atoms with Crippen molar-refractivity contribution in [3.8, 4) is 0 Å². The van der Waals surface area contributed by atoms with E-state index in [-0.39, 0.29) is 11.9 Å². The average molecular weight is 350 g/mol. The summed E-state index contributed by atoms with van der Waals surface area (Å²) >= 11 is 0. The summed E-state index contributed by atoms with van der Waals surface area (Å²) in [6.45, 7) is 4.01. The molecule has 4 rings (SSSR count). The second-order valence-electron chi connectivity index (χ2n) is 6.31. The maximum atomic E-state index is 13.9. The van der Waals surface area contributed by atoms with Gasteiger partial charge in [0.15, 0.2) is 0 Å². The van der Waals surface area contributed by atoms with Crippen molar-refractivity contribution in [2.45, 2.75) is 19.9 Å². The van der Waals surface area contributed by atoms with E-state index in [2.05, 4.69) is 25.4 Å². The molecule has 0 aliphatic heterocycles. The Morgan fingerprint density at radius 3 is 2.77 bits per heavy atom. The molecule has 0 saturated heterocycles. The van der Waals surface area contributed by atoms with E-state index in [0.717, 1.165) is 33.4 Å². The van der Waals surface area contributed by atoms with Gasteiger partial charge in [-0.1, -0.05) is 0 Å². The first-order valence-electron chi connectivity index (χ1n) is 8.34. The minimum atomic E-state index is -0.265. The molecule has 0 amide bonds. The van der Waals surface area contributed by atoms with Crippen molar-refractivity contribution in [1.29, 1.82) is 0 Å². The zero-order valence-corrected chi connectivity index (χ0v) is 14.8. The van der Waals surface area contributed by atoms with Gasteiger partial charge in [0.05, 0.1) is 11.7 Å². The molecule has 7 heteroatoms. The zero-order valence-electron chi connectivity index (χ0n) is 14.8. The van der Waals surface area contributed by atoms with Crippen molar-refractivity contribution in [1.82, 2.24) is 24.7 Å². The number of hydrogen-bond acceptors (Lipinski definition) is 4. The number of nitrogens with one attached hydrogen (secondary N) is 2. The SMILES string of the molecule is Cc1nn(C)c(C)c1C(Nc1ccncn1)c1c[nH]c2ccc(F)cc12. The van der Waals surface area contributed by atoms with Crippen LogP contribution >= 0.6 is 0 Å². The highest BCUT2D eigenvalue weighted by atomic mass is 19.1. The second kappa shape index (κ2) is 6.25. The van der Waals surface area contributed by atoms with Gasteiger partial charge in [-0.25, -0.2) is 14.4 Å². The lowest BCUT2D eigenvalue weighted by atomic mass is 9.96. The topological polar surface area (TPSA) is 71.4 Å². The molecule has 6 nitrogen and oxygen atoms in total. The third-order valence-corrected chi connectivity index (χ3v) is 4.71. The van der Waals surface area contributed by atoms with Crippen LogP contribution in [0.3, 0.4) is 0 Å². The van der Waals surface area contributed by atoms with E-state index in [1.807, 2.05) is 37.8 Å². The molecule has 1 aromatic carbocycles. The number of hydrogen-bond donors (Lipinski definition) is 2. The molecule has 0 fully saturated rings. The molecule has 132 valence electrons. The zero-order chi connectivity index (χ0) is 18.3. The van der Waals surface area contributed by atoms with Crippen LogP contribution in [0.2, 0.25) is 0 Å². The van der Waals surface area contributed by atoms with E-state index in [1.165, 1.54) is 12.4 Å². The van der Waals surface area contributed by atoms with E-state index in [0.29, 0.717) is 5.82 Å². The van der Waals surface area contributed by atoms with Gasteiger partial charge in [-0.2, -0.15) is 5.10 Å². The molecule has 2 N–H and O–H groups in total. The number of anilines is 1. The van der Waals surface area contributed by atoms with Crippen molar-refractivity contribution in [3.63, 3.8) is 0 Å². The largest absolute Gasteiger partial charge is 0.361 e. The van der Waals surface area contributed by atoms with Crippen LogP contribution in [0.1, 0.15) is 28.6 Å². The maximum Gasteiger partial charge on any atom is 0.130 e. The van der Waals surface area contributed by atoms with Crippen LogP contribution < -0.4 is 5.32 Å². The first-order chi connectivity index (χ1) is 12.5. The summed E-state index contributed by atoms with van der Waals surface area (Å²) in [5.74, 6) is 0.428. The van der Waals surface area contributed by atoms with E-state index >= 15 is 0 Å². The molecule has 4 aromatic rings. The van der Waals surface area contributed by atoms with Crippen LogP contribution in [0, 0.1) is 19.7 Å². The monoisotopic (exact) mass is 350 g/mol. The van der Waals surface area contributed by atoms with Gasteiger partial charge in [-0.05, 0) is 38.1 Å². The highest BCUT2D eigenvalue weighted by molar-refractivity contribution is 5.84. The van der Waals surface area contributed by atoms with Gasteiger partial charge in [0.25, 0.3) is 0 Å². The van der Waals surface area contributed by atoms with E-state index in [1.54, 1.807) is 18.3 Å². The Morgan fingerprint density at radius 1 is 1.23 bits per heavy atom. The van der Waals surface area contributed by atoms with Crippen LogP contribution in [0.15, 0.2) is 43.0 Å². The number of aromatic nitrogens is 5. The number of nitrogens with zero attached hydrogens (tertiary/aromatic N) is 4. The lowest BCUT2D eigenvalue weighted by Gasteiger charge is -2.20. The number of halogens is 1. The summed E-state index contributed by atoms with van der Waals surface area (Å²) in [4.78, 5) is 11.5. The van der Waals surface area contributed by atoms with E-state index in [4.69, 9.17) is 0 Å². The number of aryl methyl sites for hydroxylation is 2. The molecule has 0 saturated carbocycles. The van der Waals surface area contributed by atoms with Gasteiger partial charge >= 0.3 is 0 Å². The van der Waals surface area contributed by atoms with Gasteiger partial charge in [0, 0.05) is 47.2 Å². The van der Waals surface area contributed by atoms with Gasteiger partial charge in [-0.3, -0.25) is 4.68 Å². The fourth-order valence-electron chi connectivity index (χ4n) is 3.39. The molecule has 0 aliphatic carbocycles. The quantitative estimate of drug-likeness (QED) is 0.589. The molecule has 0 aliphatic rings. The highest BCUT2D eigenvalue weighted by Gasteiger charge is 2.25. The molecule has 26 heavy (non-hydrogen) atoms. The number of benzene rings is 1. The Bertz CT molecular complexity index is 1070.